The van der Waals surface area contributed by atoms with Gasteiger partial charge in [-0.25, -0.2) is 0 Å². The molecule has 0 unspecified atom stereocenters. The van der Waals surface area contributed by atoms with Crippen LogP contribution in [-0.4, -0.2) is 7.05 Å². The highest BCUT2D eigenvalue weighted by Crippen LogP contribution is 2.19. The van der Waals surface area contributed by atoms with Crippen molar-refractivity contribution in [3.8, 4) is 0 Å². The van der Waals surface area contributed by atoms with Gasteiger partial charge in [0.05, 0.1) is 4.21 Å². The third-order valence-electron chi connectivity index (χ3n) is 0.698. The molecule has 0 spiro atoms. The Morgan fingerprint density at radius 2 is 2.62 bits per heavy atom. The molecule has 1 rings (SSSR count). The molecule has 0 aliphatic rings. The minimum Gasteiger partial charge on any atom is -0.262 e. The van der Waals surface area contributed by atoms with E-state index in [1.807, 2.05) is 13.1 Å². The zero-order valence-corrected chi connectivity index (χ0v) is 6.18. The molecule has 0 radical (unpaired) electrons. The number of hydrogen-bond donors (Lipinski definition) is 1. The third kappa shape index (κ3) is 1.51. The summed E-state index contributed by atoms with van der Waals surface area (Å²) in [6.07, 6.45) is 0. The minimum absolute atomic E-state index is 1.31. The van der Waals surface area contributed by atoms with Gasteiger partial charge in [0.1, 0.15) is 0 Å². The monoisotopic (exact) mass is 145 g/mol. The molecule has 0 aliphatic carbocycles. The summed E-state index contributed by atoms with van der Waals surface area (Å²) in [7, 11) is 1.92. The predicted octanol–water partition coefficient (Wildman–Crippen LogP) is 1.97. The Labute approximate surface area is 57.2 Å². The summed E-state index contributed by atoms with van der Waals surface area (Å²) in [5.74, 6) is 0. The second-order valence-corrected chi connectivity index (χ2v) is 3.50. The van der Waals surface area contributed by atoms with Gasteiger partial charge in [0.25, 0.3) is 0 Å². The molecule has 0 atom stereocenters. The topological polar surface area (TPSA) is 12.0 Å². The second kappa shape index (κ2) is 3.12. The van der Waals surface area contributed by atoms with Crippen molar-refractivity contribution in [2.45, 2.75) is 4.21 Å². The molecule has 0 fully saturated rings. The average molecular weight is 145 g/mol. The molecular weight excluding hydrogens is 138 g/mol. The molecular formula is C5H7NS2. The van der Waals surface area contributed by atoms with Crippen molar-refractivity contribution < 1.29 is 0 Å². The summed E-state index contributed by atoms with van der Waals surface area (Å²) in [6.45, 7) is 0. The molecule has 1 heterocycles. The fourth-order valence-electron chi connectivity index (χ4n) is 0.422. The average Bonchev–Trinajstić information content (AvgIpc) is 2.19. The lowest BCUT2D eigenvalue weighted by Gasteiger charge is -1.88. The van der Waals surface area contributed by atoms with Crippen LogP contribution in [0.1, 0.15) is 0 Å². The summed E-state index contributed by atoms with van der Waals surface area (Å²) in [6, 6.07) is 4.14. The van der Waals surface area contributed by atoms with Crippen LogP contribution in [0.3, 0.4) is 0 Å². The van der Waals surface area contributed by atoms with Gasteiger partial charge in [0.15, 0.2) is 0 Å². The fourth-order valence-corrected chi connectivity index (χ4v) is 1.83. The quantitative estimate of drug-likeness (QED) is 0.639. The fraction of sp³-hybridized carbons (Fsp3) is 0.200. The van der Waals surface area contributed by atoms with E-state index in [-0.39, 0.29) is 0 Å². The minimum atomic E-state index is 1.31. The Kier molecular flexibility index (Phi) is 2.39. The summed E-state index contributed by atoms with van der Waals surface area (Å²) >= 11 is 3.40. The zero-order chi connectivity index (χ0) is 5.82. The highest BCUT2D eigenvalue weighted by atomic mass is 32.2. The molecule has 44 valence electrons. The van der Waals surface area contributed by atoms with Crippen LogP contribution >= 0.6 is 23.3 Å². The molecule has 0 saturated carbocycles. The Morgan fingerprint density at radius 1 is 1.75 bits per heavy atom. The van der Waals surface area contributed by atoms with Crippen molar-refractivity contribution in [1.82, 2.24) is 4.72 Å². The van der Waals surface area contributed by atoms with E-state index in [0.717, 1.165) is 0 Å². The molecule has 0 bridgehead atoms. The Balaban J connectivity index is 2.50. The van der Waals surface area contributed by atoms with Crippen LogP contribution in [0.4, 0.5) is 0 Å². The van der Waals surface area contributed by atoms with Gasteiger partial charge in [-0.15, -0.1) is 11.3 Å². The molecule has 0 aromatic carbocycles. The largest absolute Gasteiger partial charge is 0.262 e. The Morgan fingerprint density at radius 3 is 3.12 bits per heavy atom. The van der Waals surface area contributed by atoms with Gasteiger partial charge in [-0.1, -0.05) is 6.07 Å². The van der Waals surface area contributed by atoms with Gasteiger partial charge in [0, 0.05) is 0 Å². The molecule has 1 N–H and O–H groups in total. The molecule has 1 nitrogen and oxygen atoms in total. The van der Waals surface area contributed by atoms with Crippen molar-refractivity contribution in [2.24, 2.45) is 0 Å². The smallest absolute Gasteiger partial charge is 0.0751 e. The lowest BCUT2D eigenvalue weighted by molar-refractivity contribution is 1.29. The normalized spacial score (nSPS) is 9.62. The highest BCUT2D eigenvalue weighted by molar-refractivity contribution is 7.99. The van der Waals surface area contributed by atoms with E-state index in [9.17, 15) is 0 Å². The molecule has 1 aromatic rings. The summed E-state index contributed by atoms with van der Waals surface area (Å²) < 4.78 is 4.31. The van der Waals surface area contributed by atoms with Crippen LogP contribution in [0.2, 0.25) is 0 Å². The standard InChI is InChI=1S/C5H7NS2/c1-6-8-5-3-2-4-7-5/h2-4,6H,1H3. The van der Waals surface area contributed by atoms with Gasteiger partial charge < -0.3 is 0 Å². The Bertz CT molecular complexity index is 136. The summed E-state index contributed by atoms with van der Waals surface area (Å²) in [5.41, 5.74) is 0. The molecule has 0 saturated heterocycles. The number of thiophene rings is 1. The first kappa shape index (κ1) is 6.13. The van der Waals surface area contributed by atoms with Crippen molar-refractivity contribution in [2.75, 3.05) is 7.05 Å². The Hall–Kier alpha value is 0.01000. The van der Waals surface area contributed by atoms with E-state index in [1.54, 1.807) is 23.3 Å². The lowest BCUT2D eigenvalue weighted by atomic mass is 10.7. The van der Waals surface area contributed by atoms with E-state index in [0.29, 0.717) is 0 Å². The van der Waals surface area contributed by atoms with Gasteiger partial charge in [-0.3, -0.25) is 4.72 Å². The van der Waals surface area contributed by atoms with Crippen LogP contribution in [0.15, 0.2) is 21.7 Å². The summed E-state index contributed by atoms with van der Waals surface area (Å²) in [5, 5.41) is 2.07. The molecule has 3 heteroatoms. The highest BCUT2D eigenvalue weighted by Gasteiger charge is 1.87. The number of nitrogens with one attached hydrogen (secondary N) is 1. The maximum absolute atomic E-state index is 3.00. The van der Waals surface area contributed by atoms with Crippen LogP contribution in [-0.2, 0) is 0 Å². The van der Waals surface area contributed by atoms with E-state index in [2.05, 4.69) is 16.2 Å². The van der Waals surface area contributed by atoms with Crippen LogP contribution in [0, 0.1) is 0 Å². The van der Waals surface area contributed by atoms with Crippen LogP contribution < -0.4 is 4.72 Å². The first-order chi connectivity index (χ1) is 3.93. The van der Waals surface area contributed by atoms with E-state index in [1.165, 1.54) is 4.21 Å². The molecule has 1 aromatic heterocycles. The first-order valence-corrected chi connectivity index (χ1v) is 4.00. The second-order valence-electron chi connectivity index (χ2n) is 1.24. The predicted molar refractivity (Wildman–Crippen MR) is 39.2 cm³/mol. The van der Waals surface area contributed by atoms with Gasteiger partial charge in [0.2, 0.25) is 0 Å². The van der Waals surface area contributed by atoms with Gasteiger partial charge in [-0.05, 0) is 30.4 Å². The molecule has 0 aliphatic heterocycles. The van der Waals surface area contributed by atoms with E-state index in [4.69, 9.17) is 0 Å². The van der Waals surface area contributed by atoms with Crippen LogP contribution in [0.5, 0.6) is 0 Å². The van der Waals surface area contributed by atoms with E-state index >= 15 is 0 Å². The number of rotatable bonds is 2. The maximum atomic E-state index is 3.00. The van der Waals surface area contributed by atoms with Gasteiger partial charge >= 0.3 is 0 Å². The number of hydrogen-bond acceptors (Lipinski definition) is 3. The van der Waals surface area contributed by atoms with Crippen molar-refractivity contribution >= 4 is 23.3 Å². The summed E-state index contributed by atoms with van der Waals surface area (Å²) in [4.78, 5) is 0. The van der Waals surface area contributed by atoms with Gasteiger partial charge in [-0.2, -0.15) is 0 Å². The molecule has 8 heavy (non-hydrogen) atoms. The van der Waals surface area contributed by atoms with Crippen molar-refractivity contribution in [3.63, 3.8) is 0 Å². The van der Waals surface area contributed by atoms with Crippen molar-refractivity contribution in [1.29, 1.82) is 0 Å². The van der Waals surface area contributed by atoms with Crippen LogP contribution in [0.25, 0.3) is 0 Å². The van der Waals surface area contributed by atoms with E-state index < -0.39 is 0 Å². The van der Waals surface area contributed by atoms with Crippen molar-refractivity contribution in [3.05, 3.63) is 17.5 Å². The third-order valence-corrected chi connectivity index (χ3v) is 2.44. The first-order valence-electron chi connectivity index (χ1n) is 2.30. The zero-order valence-electron chi connectivity index (χ0n) is 4.55. The molecule has 0 amide bonds. The SMILES string of the molecule is CNSc1cccs1. The lowest BCUT2D eigenvalue weighted by Crippen LogP contribution is -1.87. The maximum Gasteiger partial charge on any atom is 0.0751 e.